The highest BCUT2D eigenvalue weighted by Crippen LogP contribution is 2.06. The van der Waals surface area contributed by atoms with Crippen molar-refractivity contribution in [3.05, 3.63) is 29.7 Å². The second-order valence-corrected chi connectivity index (χ2v) is 3.23. The van der Waals surface area contributed by atoms with Crippen LogP contribution in [0.1, 0.15) is 11.4 Å². The van der Waals surface area contributed by atoms with Gasteiger partial charge in [0, 0.05) is 18.0 Å². The van der Waals surface area contributed by atoms with Gasteiger partial charge in [0.05, 0.1) is 12.1 Å². The second kappa shape index (κ2) is 3.56. The lowest BCUT2D eigenvalue weighted by Crippen LogP contribution is -2.02. The fourth-order valence-electron chi connectivity index (χ4n) is 1.26. The summed E-state index contributed by atoms with van der Waals surface area (Å²) < 4.78 is 1.54. The molecule has 0 amide bonds. The highest BCUT2D eigenvalue weighted by molar-refractivity contribution is 5.69. The SMILES string of the molecule is Cc1cc(-n2ccc(CC(=O)O)n2)n[nH]1. The zero-order valence-electron chi connectivity index (χ0n) is 8.14. The van der Waals surface area contributed by atoms with E-state index in [0.29, 0.717) is 11.5 Å². The molecule has 0 radical (unpaired) electrons. The van der Waals surface area contributed by atoms with Crippen LogP contribution < -0.4 is 0 Å². The first kappa shape index (κ1) is 9.45. The molecule has 0 aromatic carbocycles. The zero-order valence-corrected chi connectivity index (χ0v) is 8.14. The number of carbonyl (C=O) groups is 1. The highest BCUT2D eigenvalue weighted by atomic mass is 16.4. The largest absolute Gasteiger partial charge is 0.481 e. The number of aromatic nitrogens is 4. The first-order valence-corrected chi connectivity index (χ1v) is 4.44. The van der Waals surface area contributed by atoms with E-state index in [1.54, 1.807) is 16.9 Å². The molecule has 0 aliphatic heterocycles. The predicted molar refractivity (Wildman–Crippen MR) is 51.8 cm³/mol. The maximum absolute atomic E-state index is 10.4. The van der Waals surface area contributed by atoms with Crippen LogP contribution in [0.25, 0.3) is 5.82 Å². The Morgan fingerprint density at radius 2 is 2.47 bits per heavy atom. The van der Waals surface area contributed by atoms with Crippen molar-refractivity contribution in [3.63, 3.8) is 0 Å². The topological polar surface area (TPSA) is 83.8 Å². The van der Waals surface area contributed by atoms with Crippen LogP contribution in [-0.2, 0) is 11.2 Å². The first-order chi connectivity index (χ1) is 7.15. The average molecular weight is 206 g/mol. The zero-order chi connectivity index (χ0) is 10.8. The molecule has 0 saturated carbocycles. The molecule has 0 bridgehead atoms. The molecule has 0 aliphatic rings. The smallest absolute Gasteiger partial charge is 0.309 e. The van der Waals surface area contributed by atoms with Crippen molar-refractivity contribution >= 4 is 5.97 Å². The number of hydrogen-bond acceptors (Lipinski definition) is 3. The Bertz CT molecular complexity index is 486. The minimum absolute atomic E-state index is 0.0730. The number of aromatic amines is 1. The van der Waals surface area contributed by atoms with E-state index < -0.39 is 5.97 Å². The summed E-state index contributed by atoms with van der Waals surface area (Å²) in [5.74, 6) is -0.234. The molecule has 78 valence electrons. The molecule has 6 heteroatoms. The van der Waals surface area contributed by atoms with Gasteiger partial charge in [0.15, 0.2) is 5.82 Å². The lowest BCUT2D eigenvalue weighted by Gasteiger charge is -1.93. The Morgan fingerprint density at radius 1 is 1.67 bits per heavy atom. The minimum Gasteiger partial charge on any atom is -0.481 e. The van der Waals surface area contributed by atoms with E-state index in [9.17, 15) is 4.79 Å². The fraction of sp³-hybridized carbons (Fsp3) is 0.222. The van der Waals surface area contributed by atoms with E-state index in [1.165, 1.54) is 0 Å². The molecular formula is C9H10N4O2. The molecule has 0 fully saturated rings. The number of aryl methyl sites for hydroxylation is 1. The molecule has 0 aliphatic carbocycles. The van der Waals surface area contributed by atoms with Crippen LogP contribution in [0.3, 0.4) is 0 Å². The van der Waals surface area contributed by atoms with Crippen LogP contribution in [0.15, 0.2) is 18.3 Å². The third-order valence-corrected chi connectivity index (χ3v) is 1.90. The Kier molecular flexibility index (Phi) is 2.24. The monoisotopic (exact) mass is 206 g/mol. The number of carboxylic acid groups (broad SMARTS) is 1. The van der Waals surface area contributed by atoms with Gasteiger partial charge >= 0.3 is 5.97 Å². The van der Waals surface area contributed by atoms with Gasteiger partial charge in [0.1, 0.15) is 0 Å². The van der Waals surface area contributed by atoms with Crippen LogP contribution in [0.5, 0.6) is 0 Å². The van der Waals surface area contributed by atoms with Gasteiger partial charge in [0.2, 0.25) is 0 Å². The normalized spacial score (nSPS) is 10.5. The lowest BCUT2D eigenvalue weighted by atomic mass is 10.3. The van der Waals surface area contributed by atoms with Crippen LogP contribution in [0.4, 0.5) is 0 Å². The summed E-state index contributed by atoms with van der Waals surface area (Å²) >= 11 is 0. The molecule has 0 unspecified atom stereocenters. The maximum atomic E-state index is 10.4. The Morgan fingerprint density at radius 3 is 3.07 bits per heavy atom. The second-order valence-electron chi connectivity index (χ2n) is 3.23. The van der Waals surface area contributed by atoms with Gasteiger partial charge < -0.3 is 5.11 Å². The van der Waals surface area contributed by atoms with Crippen LogP contribution in [0.2, 0.25) is 0 Å². The Hall–Kier alpha value is -2.11. The number of aliphatic carboxylic acids is 1. The number of H-pyrrole nitrogens is 1. The van der Waals surface area contributed by atoms with E-state index in [-0.39, 0.29) is 6.42 Å². The van der Waals surface area contributed by atoms with Gasteiger partial charge in [-0.3, -0.25) is 9.89 Å². The first-order valence-electron chi connectivity index (χ1n) is 4.44. The lowest BCUT2D eigenvalue weighted by molar-refractivity contribution is -0.136. The van der Waals surface area contributed by atoms with Crippen molar-refractivity contribution in [1.29, 1.82) is 0 Å². The summed E-state index contributed by atoms with van der Waals surface area (Å²) in [6.07, 6.45) is 1.62. The Balaban J connectivity index is 2.23. The van der Waals surface area contributed by atoms with Crippen molar-refractivity contribution < 1.29 is 9.90 Å². The number of nitrogens with one attached hydrogen (secondary N) is 1. The summed E-state index contributed by atoms with van der Waals surface area (Å²) in [5, 5.41) is 19.5. The minimum atomic E-state index is -0.890. The molecule has 0 saturated heterocycles. The van der Waals surface area contributed by atoms with Crippen LogP contribution >= 0.6 is 0 Å². The number of hydrogen-bond donors (Lipinski definition) is 2. The third kappa shape index (κ3) is 2.04. The maximum Gasteiger partial charge on any atom is 0.309 e. The molecule has 2 aromatic heterocycles. The quantitative estimate of drug-likeness (QED) is 0.767. The summed E-state index contributed by atoms with van der Waals surface area (Å²) in [5.41, 5.74) is 1.45. The van der Waals surface area contributed by atoms with Crippen molar-refractivity contribution in [2.45, 2.75) is 13.3 Å². The highest BCUT2D eigenvalue weighted by Gasteiger charge is 2.06. The fourth-order valence-corrected chi connectivity index (χ4v) is 1.26. The van der Waals surface area contributed by atoms with Gasteiger partial charge in [-0.2, -0.15) is 10.2 Å². The molecule has 2 N–H and O–H groups in total. The molecule has 0 spiro atoms. The van der Waals surface area contributed by atoms with Crippen LogP contribution in [0, 0.1) is 6.92 Å². The van der Waals surface area contributed by atoms with E-state index in [2.05, 4.69) is 15.3 Å². The standard InChI is InChI=1S/C9H10N4O2/c1-6-4-8(11-10-6)13-3-2-7(12-13)5-9(14)15/h2-4H,5H2,1H3,(H,10,11)(H,14,15). The molecule has 6 nitrogen and oxygen atoms in total. The van der Waals surface area contributed by atoms with E-state index >= 15 is 0 Å². The summed E-state index contributed by atoms with van der Waals surface area (Å²) in [6.45, 7) is 1.89. The number of nitrogens with zero attached hydrogens (tertiary/aromatic N) is 3. The molecule has 15 heavy (non-hydrogen) atoms. The van der Waals surface area contributed by atoms with E-state index in [0.717, 1.165) is 5.69 Å². The molecule has 2 aromatic rings. The van der Waals surface area contributed by atoms with Crippen molar-refractivity contribution in [1.82, 2.24) is 20.0 Å². The number of rotatable bonds is 3. The van der Waals surface area contributed by atoms with Gasteiger partial charge in [0.25, 0.3) is 0 Å². The predicted octanol–water partition coefficient (Wildman–Crippen LogP) is 0.531. The molecule has 0 atom stereocenters. The number of carboxylic acids is 1. The third-order valence-electron chi connectivity index (χ3n) is 1.90. The van der Waals surface area contributed by atoms with Crippen molar-refractivity contribution in [2.75, 3.05) is 0 Å². The van der Waals surface area contributed by atoms with E-state index in [1.807, 2.05) is 13.0 Å². The Labute approximate surface area is 85.5 Å². The summed E-state index contributed by atoms with van der Waals surface area (Å²) in [4.78, 5) is 10.4. The molecule has 2 rings (SSSR count). The molecule has 2 heterocycles. The average Bonchev–Trinajstić information content (AvgIpc) is 2.72. The van der Waals surface area contributed by atoms with Gasteiger partial charge in [-0.05, 0) is 13.0 Å². The van der Waals surface area contributed by atoms with Crippen molar-refractivity contribution in [2.24, 2.45) is 0 Å². The summed E-state index contributed by atoms with van der Waals surface area (Å²) in [6, 6.07) is 3.50. The summed E-state index contributed by atoms with van der Waals surface area (Å²) in [7, 11) is 0. The van der Waals surface area contributed by atoms with Crippen LogP contribution in [-0.4, -0.2) is 31.1 Å². The van der Waals surface area contributed by atoms with Gasteiger partial charge in [-0.25, -0.2) is 4.68 Å². The van der Waals surface area contributed by atoms with Crippen molar-refractivity contribution in [3.8, 4) is 5.82 Å². The van der Waals surface area contributed by atoms with E-state index in [4.69, 9.17) is 5.11 Å². The van der Waals surface area contributed by atoms with Gasteiger partial charge in [-0.15, -0.1) is 0 Å². The van der Waals surface area contributed by atoms with Gasteiger partial charge in [-0.1, -0.05) is 0 Å². The molecular weight excluding hydrogens is 196 g/mol.